The number of benzene rings is 1. The molecule has 1 rings (SSSR count). The van der Waals surface area contributed by atoms with E-state index in [0.29, 0.717) is 36.8 Å². The van der Waals surface area contributed by atoms with Gasteiger partial charge in [-0.1, -0.05) is 0 Å². The Morgan fingerprint density at radius 3 is 2.89 bits per heavy atom. The maximum absolute atomic E-state index is 11.8. The minimum absolute atomic E-state index is 0.134. The van der Waals surface area contributed by atoms with Gasteiger partial charge in [0.05, 0.1) is 12.8 Å². The predicted octanol–water partition coefficient (Wildman–Crippen LogP) is 1.43. The molecule has 0 saturated heterocycles. The molecule has 5 heteroatoms. The first-order chi connectivity index (χ1) is 8.69. The Kier molecular flexibility index (Phi) is 6.00. The van der Waals surface area contributed by atoms with Crippen molar-refractivity contribution in [3.05, 3.63) is 23.8 Å². The molecule has 100 valence electrons. The zero-order valence-corrected chi connectivity index (χ0v) is 10.9. The lowest BCUT2D eigenvalue weighted by Crippen LogP contribution is -2.25. The molecule has 18 heavy (non-hydrogen) atoms. The van der Waals surface area contributed by atoms with E-state index < -0.39 is 0 Å². The highest BCUT2D eigenvalue weighted by Crippen LogP contribution is 2.21. The highest BCUT2D eigenvalue weighted by molar-refractivity contribution is 5.95. The highest BCUT2D eigenvalue weighted by atomic mass is 16.5. The van der Waals surface area contributed by atoms with Gasteiger partial charge in [0.15, 0.2) is 0 Å². The molecule has 0 saturated carbocycles. The number of carbonyl (C=O) groups excluding carboxylic acids is 1. The van der Waals surface area contributed by atoms with Gasteiger partial charge in [0.1, 0.15) is 5.75 Å². The molecule has 0 atom stereocenters. The smallest absolute Gasteiger partial charge is 0.251 e. The Morgan fingerprint density at radius 2 is 2.22 bits per heavy atom. The molecule has 1 aromatic carbocycles. The van der Waals surface area contributed by atoms with E-state index in [0.717, 1.165) is 6.42 Å². The molecule has 0 unspecified atom stereocenters. The molecule has 0 aliphatic carbocycles. The number of amides is 1. The van der Waals surface area contributed by atoms with Crippen LogP contribution in [0, 0.1) is 0 Å². The predicted molar refractivity (Wildman–Crippen MR) is 70.8 cm³/mol. The summed E-state index contributed by atoms with van der Waals surface area (Å²) < 4.78 is 10.3. The van der Waals surface area contributed by atoms with Crippen molar-refractivity contribution >= 4 is 11.6 Å². The lowest BCUT2D eigenvalue weighted by atomic mass is 10.2. The van der Waals surface area contributed by atoms with E-state index in [2.05, 4.69) is 5.32 Å². The molecule has 0 bridgehead atoms. The van der Waals surface area contributed by atoms with Crippen LogP contribution >= 0.6 is 0 Å². The summed E-state index contributed by atoms with van der Waals surface area (Å²) in [4.78, 5) is 11.8. The molecule has 5 nitrogen and oxygen atoms in total. The normalized spacial score (nSPS) is 10.1. The summed E-state index contributed by atoms with van der Waals surface area (Å²) in [6.45, 7) is 3.88. The molecular weight excluding hydrogens is 232 g/mol. The van der Waals surface area contributed by atoms with Crippen LogP contribution in [0.25, 0.3) is 0 Å². The van der Waals surface area contributed by atoms with Crippen molar-refractivity contribution in [2.75, 3.05) is 32.6 Å². The van der Waals surface area contributed by atoms with E-state index in [9.17, 15) is 4.79 Å². The summed E-state index contributed by atoms with van der Waals surface area (Å²) in [5.74, 6) is 0.377. The first-order valence-electron chi connectivity index (χ1n) is 5.98. The van der Waals surface area contributed by atoms with Gasteiger partial charge >= 0.3 is 0 Å². The lowest BCUT2D eigenvalue weighted by Gasteiger charge is -2.08. The topological polar surface area (TPSA) is 73.6 Å². The number of hydrogen-bond donors (Lipinski definition) is 2. The van der Waals surface area contributed by atoms with Crippen LogP contribution in [0.2, 0.25) is 0 Å². The highest BCUT2D eigenvalue weighted by Gasteiger charge is 2.08. The number of carbonyl (C=O) groups is 1. The van der Waals surface area contributed by atoms with Crippen LogP contribution in [-0.4, -0.2) is 32.8 Å². The van der Waals surface area contributed by atoms with Crippen molar-refractivity contribution in [2.24, 2.45) is 0 Å². The fourth-order valence-electron chi connectivity index (χ4n) is 1.47. The second-order valence-electron chi connectivity index (χ2n) is 3.76. The monoisotopic (exact) mass is 252 g/mol. The van der Waals surface area contributed by atoms with Gasteiger partial charge in [-0.05, 0) is 31.5 Å². The molecule has 1 aromatic rings. The third-order valence-corrected chi connectivity index (χ3v) is 2.45. The SMILES string of the molecule is CCOCCCNC(=O)c1ccc(N)c(OC)c1. The van der Waals surface area contributed by atoms with Gasteiger partial charge in [-0.25, -0.2) is 0 Å². The van der Waals surface area contributed by atoms with Gasteiger partial charge in [-0.2, -0.15) is 0 Å². The van der Waals surface area contributed by atoms with Crippen molar-refractivity contribution in [2.45, 2.75) is 13.3 Å². The van der Waals surface area contributed by atoms with Crippen LogP contribution in [-0.2, 0) is 4.74 Å². The van der Waals surface area contributed by atoms with Gasteiger partial charge in [-0.3, -0.25) is 4.79 Å². The van der Waals surface area contributed by atoms with Crippen molar-refractivity contribution in [1.29, 1.82) is 0 Å². The number of methoxy groups -OCH3 is 1. The third-order valence-electron chi connectivity index (χ3n) is 2.45. The van der Waals surface area contributed by atoms with E-state index in [-0.39, 0.29) is 5.91 Å². The first-order valence-corrected chi connectivity index (χ1v) is 5.98. The van der Waals surface area contributed by atoms with Crippen molar-refractivity contribution < 1.29 is 14.3 Å². The summed E-state index contributed by atoms with van der Waals surface area (Å²) >= 11 is 0. The van der Waals surface area contributed by atoms with Gasteiger partial charge in [0, 0.05) is 25.3 Å². The molecule has 0 fully saturated rings. The van der Waals surface area contributed by atoms with Crippen LogP contribution in [0.3, 0.4) is 0 Å². The van der Waals surface area contributed by atoms with E-state index in [1.165, 1.54) is 7.11 Å². The van der Waals surface area contributed by atoms with Crippen LogP contribution in [0.1, 0.15) is 23.7 Å². The molecule has 0 heterocycles. The maximum atomic E-state index is 11.8. The molecule has 0 spiro atoms. The Hall–Kier alpha value is -1.75. The quantitative estimate of drug-likeness (QED) is 0.569. The van der Waals surface area contributed by atoms with E-state index >= 15 is 0 Å². The van der Waals surface area contributed by atoms with Crippen LogP contribution in [0.4, 0.5) is 5.69 Å². The number of hydrogen-bond acceptors (Lipinski definition) is 4. The third kappa shape index (κ3) is 4.25. The van der Waals surface area contributed by atoms with Gasteiger partial charge in [-0.15, -0.1) is 0 Å². The largest absolute Gasteiger partial charge is 0.495 e. The Balaban J connectivity index is 2.46. The summed E-state index contributed by atoms with van der Waals surface area (Å²) in [5.41, 5.74) is 6.74. The number of nitrogens with two attached hydrogens (primary N) is 1. The van der Waals surface area contributed by atoms with E-state index in [1.54, 1.807) is 18.2 Å². The minimum atomic E-state index is -0.134. The molecule has 0 aromatic heterocycles. The second kappa shape index (κ2) is 7.55. The summed E-state index contributed by atoms with van der Waals surface area (Å²) in [6, 6.07) is 4.97. The van der Waals surface area contributed by atoms with Gasteiger partial charge in [0.2, 0.25) is 0 Å². The standard InChI is InChI=1S/C13H20N2O3/c1-3-18-8-4-7-15-13(16)10-5-6-11(14)12(9-10)17-2/h5-6,9H,3-4,7-8,14H2,1-2H3,(H,15,16). The molecule has 1 amide bonds. The Bertz CT molecular complexity index is 394. The van der Waals surface area contributed by atoms with Crippen molar-refractivity contribution in [1.82, 2.24) is 5.32 Å². The maximum Gasteiger partial charge on any atom is 0.251 e. The van der Waals surface area contributed by atoms with Crippen molar-refractivity contribution in [3.8, 4) is 5.75 Å². The van der Waals surface area contributed by atoms with Gasteiger partial charge in [0.25, 0.3) is 5.91 Å². The number of nitrogens with one attached hydrogen (secondary N) is 1. The van der Waals surface area contributed by atoms with Crippen LogP contribution in [0.5, 0.6) is 5.75 Å². The second-order valence-corrected chi connectivity index (χ2v) is 3.76. The number of nitrogen functional groups attached to an aromatic ring is 1. The Labute approximate surface area is 107 Å². The van der Waals surface area contributed by atoms with Gasteiger partial charge < -0.3 is 20.5 Å². The van der Waals surface area contributed by atoms with Crippen molar-refractivity contribution in [3.63, 3.8) is 0 Å². The minimum Gasteiger partial charge on any atom is -0.495 e. The average molecular weight is 252 g/mol. The number of ether oxygens (including phenoxy) is 2. The Morgan fingerprint density at radius 1 is 1.44 bits per heavy atom. The van der Waals surface area contributed by atoms with E-state index in [4.69, 9.17) is 15.2 Å². The summed E-state index contributed by atoms with van der Waals surface area (Å²) in [5, 5.41) is 2.81. The summed E-state index contributed by atoms with van der Waals surface area (Å²) in [6.07, 6.45) is 0.797. The van der Waals surface area contributed by atoms with Crippen LogP contribution in [0.15, 0.2) is 18.2 Å². The molecule has 0 aliphatic heterocycles. The van der Waals surface area contributed by atoms with E-state index in [1.807, 2.05) is 6.92 Å². The molecular formula is C13H20N2O3. The molecule has 3 N–H and O–H groups in total. The molecule has 0 aliphatic rings. The first kappa shape index (κ1) is 14.3. The fourth-order valence-corrected chi connectivity index (χ4v) is 1.47. The fraction of sp³-hybridized carbons (Fsp3) is 0.462. The average Bonchev–Trinajstić information content (AvgIpc) is 2.38. The molecule has 0 radical (unpaired) electrons. The zero-order valence-electron chi connectivity index (χ0n) is 10.9. The lowest BCUT2D eigenvalue weighted by molar-refractivity contribution is 0.0944. The van der Waals surface area contributed by atoms with Crippen LogP contribution < -0.4 is 15.8 Å². The number of anilines is 1. The number of rotatable bonds is 7. The summed E-state index contributed by atoms with van der Waals surface area (Å²) in [7, 11) is 1.52. The zero-order chi connectivity index (χ0) is 13.4.